The van der Waals surface area contributed by atoms with Crippen LogP contribution in [0.5, 0.6) is 0 Å². The fraction of sp³-hybridized carbons (Fsp3) is 0.538. The Labute approximate surface area is 115 Å². The maximum Gasteiger partial charge on any atom is 0.414 e. The van der Waals surface area contributed by atoms with Gasteiger partial charge < -0.3 is 5.32 Å². The zero-order valence-electron chi connectivity index (χ0n) is 11.9. The number of allylic oxidation sites excluding steroid dienone is 2. The first kappa shape index (κ1) is 14.6. The lowest BCUT2D eigenvalue weighted by atomic mass is 9.97. The molecule has 1 aromatic heterocycles. The van der Waals surface area contributed by atoms with Crippen molar-refractivity contribution in [2.45, 2.75) is 45.8 Å². The number of aromatic nitrogens is 3. The summed E-state index contributed by atoms with van der Waals surface area (Å²) in [6.07, 6.45) is -4.55. The predicted molar refractivity (Wildman–Crippen MR) is 69.6 cm³/mol. The Morgan fingerprint density at radius 2 is 1.95 bits per heavy atom. The van der Waals surface area contributed by atoms with Crippen LogP contribution in [-0.4, -0.2) is 20.9 Å². The smallest absolute Gasteiger partial charge is 0.372 e. The van der Waals surface area contributed by atoms with Crippen LogP contribution in [0, 0.1) is 6.92 Å². The molecule has 1 aliphatic heterocycles. The average molecular weight is 286 g/mol. The highest BCUT2D eigenvalue weighted by atomic mass is 19.4. The van der Waals surface area contributed by atoms with Crippen LogP contribution in [-0.2, 0) is 5.54 Å². The van der Waals surface area contributed by atoms with Crippen molar-refractivity contribution in [2.75, 3.05) is 0 Å². The number of halogens is 3. The number of hydrogen-bond donors (Lipinski definition) is 1. The number of nitrogens with zero attached hydrogens (tertiary/aromatic N) is 3. The Kier molecular flexibility index (Phi) is 3.19. The van der Waals surface area contributed by atoms with E-state index >= 15 is 0 Å². The molecule has 0 fully saturated rings. The van der Waals surface area contributed by atoms with Gasteiger partial charge in [0, 0.05) is 0 Å². The molecule has 1 aromatic rings. The highest BCUT2D eigenvalue weighted by molar-refractivity contribution is 5.70. The molecule has 1 aliphatic rings. The van der Waals surface area contributed by atoms with Crippen LogP contribution in [0.3, 0.4) is 0 Å². The molecule has 0 aliphatic carbocycles. The van der Waals surface area contributed by atoms with Crippen LogP contribution in [0.25, 0.3) is 5.70 Å². The summed E-state index contributed by atoms with van der Waals surface area (Å²) in [6, 6.07) is 0. The molecular weight excluding hydrogens is 269 g/mol. The van der Waals surface area contributed by atoms with E-state index < -0.39 is 17.3 Å². The van der Waals surface area contributed by atoms with Gasteiger partial charge in [-0.15, -0.1) is 10.2 Å². The first-order valence-corrected chi connectivity index (χ1v) is 6.30. The summed E-state index contributed by atoms with van der Waals surface area (Å²) in [5.74, 6) is 0.869. The van der Waals surface area contributed by atoms with Gasteiger partial charge in [-0.05, 0) is 27.2 Å². The highest BCUT2D eigenvalue weighted by Gasteiger charge is 2.42. The lowest BCUT2D eigenvalue weighted by Crippen LogP contribution is -2.44. The van der Waals surface area contributed by atoms with E-state index in [0.29, 0.717) is 11.6 Å². The molecule has 0 atom stereocenters. The fourth-order valence-corrected chi connectivity index (χ4v) is 2.48. The number of alkyl halides is 3. The van der Waals surface area contributed by atoms with Crippen molar-refractivity contribution in [1.82, 2.24) is 20.1 Å². The number of hydrogen-bond acceptors (Lipinski definition) is 3. The van der Waals surface area contributed by atoms with Crippen LogP contribution in [0.4, 0.5) is 13.2 Å². The van der Waals surface area contributed by atoms with Gasteiger partial charge in [0.1, 0.15) is 5.82 Å². The third kappa shape index (κ3) is 2.10. The molecule has 110 valence electrons. The predicted octanol–water partition coefficient (Wildman–Crippen LogP) is 3.12. The quantitative estimate of drug-likeness (QED) is 0.862. The molecule has 2 rings (SSSR count). The number of rotatable bonds is 1. The first-order valence-electron chi connectivity index (χ1n) is 6.30. The van der Waals surface area contributed by atoms with E-state index in [9.17, 15) is 13.2 Å². The zero-order chi connectivity index (χ0) is 15.3. The minimum absolute atomic E-state index is 0.0109. The second-order valence-electron chi connectivity index (χ2n) is 5.31. The van der Waals surface area contributed by atoms with Crippen molar-refractivity contribution < 1.29 is 13.2 Å². The molecule has 7 heteroatoms. The van der Waals surface area contributed by atoms with E-state index in [1.165, 1.54) is 11.5 Å². The maximum absolute atomic E-state index is 13.2. The lowest BCUT2D eigenvalue weighted by molar-refractivity contribution is -0.0932. The molecule has 0 amide bonds. The van der Waals surface area contributed by atoms with Gasteiger partial charge in [0.05, 0.1) is 22.5 Å². The molecule has 0 saturated carbocycles. The molecule has 0 unspecified atom stereocenters. The standard InChI is InChI=1S/C13H17F3N4/c1-6-9(13(14,15)16)10-7(2)17-12(4,5)11-19-18-8(3)20(10)11/h17H,2,6H2,1,3-5H3/b10-9-. The molecule has 0 bridgehead atoms. The summed E-state index contributed by atoms with van der Waals surface area (Å²) in [6.45, 7) is 10.5. The molecular formula is C13H17F3N4. The number of nitrogens with one attached hydrogen (secondary N) is 1. The zero-order valence-corrected chi connectivity index (χ0v) is 11.9. The molecule has 0 spiro atoms. The van der Waals surface area contributed by atoms with Crippen molar-refractivity contribution in [3.63, 3.8) is 0 Å². The van der Waals surface area contributed by atoms with Crippen molar-refractivity contribution in [3.05, 3.63) is 29.5 Å². The van der Waals surface area contributed by atoms with Gasteiger partial charge in [0.25, 0.3) is 0 Å². The van der Waals surface area contributed by atoms with Crippen LogP contribution < -0.4 is 5.32 Å². The summed E-state index contributed by atoms with van der Waals surface area (Å²) >= 11 is 0. The SMILES string of the molecule is C=C1NC(C)(C)c2nnc(C)n2/C1=C(/CC)C(F)(F)F. The Hall–Kier alpha value is -1.79. The number of aryl methyl sites for hydroxylation is 1. The molecule has 20 heavy (non-hydrogen) atoms. The van der Waals surface area contributed by atoms with Crippen LogP contribution in [0.2, 0.25) is 0 Å². The summed E-state index contributed by atoms with van der Waals surface area (Å²) < 4.78 is 41.1. The highest BCUT2D eigenvalue weighted by Crippen LogP contribution is 2.39. The van der Waals surface area contributed by atoms with E-state index in [1.54, 1.807) is 6.92 Å². The van der Waals surface area contributed by atoms with Crippen LogP contribution in [0.15, 0.2) is 17.8 Å². The average Bonchev–Trinajstić information content (AvgIpc) is 2.65. The van der Waals surface area contributed by atoms with Crippen molar-refractivity contribution in [2.24, 2.45) is 0 Å². The largest absolute Gasteiger partial charge is 0.414 e. The van der Waals surface area contributed by atoms with Crippen LogP contribution in [0.1, 0.15) is 38.8 Å². The van der Waals surface area contributed by atoms with Gasteiger partial charge in [-0.25, -0.2) is 0 Å². The fourth-order valence-electron chi connectivity index (χ4n) is 2.48. The summed E-state index contributed by atoms with van der Waals surface area (Å²) in [4.78, 5) is 0. The van der Waals surface area contributed by atoms with E-state index in [-0.39, 0.29) is 17.8 Å². The topological polar surface area (TPSA) is 42.7 Å². The molecule has 1 N–H and O–H groups in total. The van der Waals surface area contributed by atoms with Crippen LogP contribution >= 0.6 is 0 Å². The second-order valence-corrected chi connectivity index (χ2v) is 5.31. The summed E-state index contributed by atoms with van der Waals surface area (Å²) in [5.41, 5.74) is -1.00. The summed E-state index contributed by atoms with van der Waals surface area (Å²) in [5, 5.41) is 10.9. The van der Waals surface area contributed by atoms with E-state index in [2.05, 4.69) is 22.1 Å². The summed E-state index contributed by atoms with van der Waals surface area (Å²) in [7, 11) is 0. The molecule has 2 heterocycles. The Bertz CT molecular complexity index is 593. The minimum Gasteiger partial charge on any atom is -0.372 e. The van der Waals surface area contributed by atoms with E-state index in [4.69, 9.17) is 0 Å². The van der Waals surface area contributed by atoms with Gasteiger partial charge in [0.2, 0.25) is 0 Å². The van der Waals surface area contributed by atoms with Gasteiger partial charge in [-0.2, -0.15) is 13.2 Å². The van der Waals surface area contributed by atoms with Gasteiger partial charge in [-0.3, -0.25) is 4.57 Å². The Morgan fingerprint density at radius 1 is 1.35 bits per heavy atom. The number of fused-ring (bicyclic) bond motifs is 1. The minimum atomic E-state index is -4.41. The van der Waals surface area contributed by atoms with Crippen molar-refractivity contribution in [1.29, 1.82) is 0 Å². The second kappa shape index (κ2) is 4.36. The Balaban J connectivity index is 2.81. The third-order valence-corrected chi connectivity index (χ3v) is 3.34. The van der Waals surface area contributed by atoms with E-state index in [0.717, 1.165) is 0 Å². The monoisotopic (exact) mass is 286 g/mol. The first-order chi connectivity index (χ1) is 9.09. The molecule has 0 aromatic carbocycles. The van der Waals surface area contributed by atoms with Gasteiger partial charge >= 0.3 is 6.18 Å². The maximum atomic E-state index is 13.2. The van der Waals surface area contributed by atoms with Crippen molar-refractivity contribution in [3.8, 4) is 0 Å². The van der Waals surface area contributed by atoms with Crippen molar-refractivity contribution >= 4 is 5.70 Å². The van der Waals surface area contributed by atoms with Gasteiger partial charge in [0.15, 0.2) is 5.82 Å². The normalized spacial score (nSPS) is 20.4. The molecule has 0 radical (unpaired) electrons. The Morgan fingerprint density at radius 3 is 2.45 bits per heavy atom. The van der Waals surface area contributed by atoms with Gasteiger partial charge in [-0.1, -0.05) is 13.5 Å². The van der Waals surface area contributed by atoms with E-state index in [1.807, 2.05) is 13.8 Å². The third-order valence-electron chi connectivity index (χ3n) is 3.34. The molecule has 4 nitrogen and oxygen atoms in total. The molecule has 0 saturated heterocycles. The lowest BCUT2D eigenvalue weighted by Gasteiger charge is -2.36.